The molecule has 2 N–H and O–H groups in total. The van der Waals surface area contributed by atoms with Crippen molar-refractivity contribution >= 4 is 23.1 Å². The lowest BCUT2D eigenvalue weighted by Gasteiger charge is -2.49. The number of hydrogen-bond acceptors (Lipinski definition) is 7. The van der Waals surface area contributed by atoms with E-state index in [4.69, 9.17) is 5.26 Å². The molecule has 2 aromatic rings. The molecular formula is C32H40F3N7O. The highest BCUT2D eigenvalue weighted by atomic mass is 19.4. The molecule has 4 aliphatic rings. The predicted molar refractivity (Wildman–Crippen MR) is 160 cm³/mol. The van der Waals surface area contributed by atoms with Gasteiger partial charge in [0.25, 0.3) is 0 Å². The van der Waals surface area contributed by atoms with Crippen LogP contribution >= 0.6 is 0 Å². The number of carbonyl (C=O) groups excluding carboxylic acids is 1. The maximum Gasteiger partial charge on any atom is 0.417 e. The van der Waals surface area contributed by atoms with Gasteiger partial charge in [0.05, 0.1) is 29.1 Å². The summed E-state index contributed by atoms with van der Waals surface area (Å²) in [5.41, 5.74) is 0.765. The molecule has 4 fully saturated rings. The number of alkyl halides is 3. The van der Waals surface area contributed by atoms with Crippen molar-refractivity contribution in [3.8, 4) is 6.07 Å². The number of halogens is 3. The van der Waals surface area contributed by atoms with Crippen LogP contribution < -0.4 is 20.4 Å². The van der Waals surface area contributed by atoms with E-state index in [1.807, 2.05) is 23.2 Å². The van der Waals surface area contributed by atoms with Crippen molar-refractivity contribution in [2.75, 3.05) is 74.0 Å². The zero-order chi connectivity index (χ0) is 30.0. The van der Waals surface area contributed by atoms with Crippen LogP contribution in [0.25, 0.3) is 0 Å². The first-order chi connectivity index (χ1) is 20.7. The molecule has 0 bridgehead atoms. The van der Waals surface area contributed by atoms with Crippen LogP contribution in [0.4, 0.5) is 30.4 Å². The average Bonchev–Trinajstić information content (AvgIpc) is 3.01. The van der Waals surface area contributed by atoms with Gasteiger partial charge < -0.3 is 25.3 Å². The highest BCUT2D eigenvalue weighted by Crippen LogP contribution is 2.37. The summed E-state index contributed by atoms with van der Waals surface area (Å²) in [5.74, 6) is 0.894. The Hall–Kier alpha value is -3.36. The zero-order valence-corrected chi connectivity index (χ0v) is 24.5. The van der Waals surface area contributed by atoms with Gasteiger partial charge in [0, 0.05) is 57.4 Å². The van der Waals surface area contributed by atoms with Gasteiger partial charge >= 0.3 is 6.18 Å². The third-order valence-electron chi connectivity index (χ3n) is 10.1. The molecule has 0 unspecified atom stereocenters. The van der Waals surface area contributed by atoms with Crippen LogP contribution in [0.1, 0.15) is 49.7 Å². The van der Waals surface area contributed by atoms with E-state index in [1.165, 1.54) is 64.5 Å². The zero-order valence-electron chi connectivity index (χ0n) is 24.5. The molecule has 8 nitrogen and oxygen atoms in total. The minimum absolute atomic E-state index is 0.117. The SMILES string of the molecule is N#Cc1ccc(N2CCC(C(=O)Nc3ccc(N4CCC(CN5CCC6(CC5)CNC6)CC4)cn3)CC2)cc1C(F)(F)F. The van der Waals surface area contributed by atoms with E-state index < -0.39 is 11.7 Å². The van der Waals surface area contributed by atoms with E-state index in [1.54, 1.807) is 12.1 Å². The van der Waals surface area contributed by atoms with Gasteiger partial charge in [-0.25, -0.2) is 4.98 Å². The Labute approximate surface area is 251 Å². The number of carbonyl (C=O) groups is 1. The number of benzene rings is 1. The quantitative estimate of drug-likeness (QED) is 0.500. The molecule has 0 atom stereocenters. The van der Waals surface area contributed by atoms with E-state index >= 15 is 0 Å². The summed E-state index contributed by atoms with van der Waals surface area (Å²) in [4.78, 5) is 24.3. The van der Waals surface area contributed by atoms with Crippen LogP contribution in [0.2, 0.25) is 0 Å². The Bertz CT molecular complexity index is 1310. The smallest absolute Gasteiger partial charge is 0.371 e. The number of hydrogen-bond donors (Lipinski definition) is 2. The van der Waals surface area contributed by atoms with Gasteiger partial charge in [-0.2, -0.15) is 18.4 Å². The third-order valence-corrected chi connectivity index (χ3v) is 10.1. The van der Waals surface area contributed by atoms with Crippen LogP contribution in [-0.4, -0.2) is 74.7 Å². The van der Waals surface area contributed by atoms with Gasteiger partial charge in [-0.3, -0.25) is 4.79 Å². The molecule has 0 aliphatic carbocycles. The fourth-order valence-corrected chi connectivity index (χ4v) is 7.12. The third kappa shape index (κ3) is 6.75. The number of pyridine rings is 1. The summed E-state index contributed by atoms with van der Waals surface area (Å²) in [6, 6.07) is 9.27. The number of nitriles is 1. The normalized spacial score (nSPS) is 21.8. The van der Waals surface area contributed by atoms with Crippen LogP contribution in [0.15, 0.2) is 36.5 Å². The molecule has 43 heavy (non-hydrogen) atoms. The summed E-state index contributed by atoms with van der Waals surface area (Å²) in [6.07, 6.45) is 3.31. The minimum Gasteiger partial charge on any atom is -0.371 e. The molecule has 0 saturated carbocycles. The Morgan fingerprint density at radius 3 is 2.21 bits per heavy atom. The number of nitrogens with zero attached hydrogens (tertiary/aromatic N) is 5. The number of likely N-dealkylation sites (tertiary alicyclic amines) is 1. The van der Waals surface area contributed by atoms with Crippen LogP contribution in [-0.2, 0) is 11.0 Å². The summed E-state index contributed by atoms with van der Waals surface area (Å²) < 4.78 is 40.1. The molecule has 0 radical (unpaired) electrons. The molecule has 230 valence electrons. The van der Waals surface area contributed by atoms with Gasteiger partial charge in [0.15, 0.2) is 0 Å². The molecular weight excluding hydrogens is 555 g/mol. The van der Waals surface area contributed by atoms with Crippen LogP contribution in [0.3, 0.4) is 0 Å². The maximum absolute atomic E-state index is 13.4. The van der Waals surface area contributed by atoms with Gasteiger partial charge in [-0.05, 0) is 93.3 Å². The Balaban J connectivity index is 0.942. The highest BCUT2D eigenvalue weighted by Gasteiger charge is 2.40. The van der Waals surface area contributed by atoms with E-state index in [0.29, 0.717) is 42.9 Å². The molecule has 1 spiro atoms. The van der Waals surface area contributed by atoms with Crippen LogP contribution in [0.5, 0.6) is 0 Å². The molecule has 4 aliphatic heterocycles. The first kappa shape index (κ1) is 29.7. The van der Waals surface area contributed by atoms with Crippen molar-refractivity contribution in [2.45, 2.75) is 44.7 Å². The van der Waals surface area contributed by atoms with Crippen LogP contribution in [0, 0.1) is 28.6 Å². The monoisotopic (exact) mass is 595 g/mol. The number of anilines is 3. The summed E-state index contributed by atoms with van der Waals surface area (Å²) in [7, 11) is 0. The molecule has 4 saturated heterocycles. The van der Waals surface area contributed by atoms with Gasteiger partial charge in [-0.15, -0.1) is 0 Å². The number of aromatic nitrogens is 1. The lowest BCUT2D eigenvalue weighted by molar-refractivity contribution is -0.137. The maximum atomic E-state index is 13.4. The first-order valence-corrected chi connectivity index (χ1v) is 15.5. The second-order valence-electron chi connectivity index (χ2n) is 12.8. The first-order valence-electron chi connectivity index (χ1n) is 15.5. The second kappa shape index (κ2) is 12.3. The molecule has 6 rings (SSSR count). The molecule has 1 aromatic heterocycles. The fraction of sp³-hybridized carbons (Fsp3) is 0.594. The Morgan fingerprint density at radius 2 is 1.63 bits per heavy atom. The number of piperidine rings is 3. The van der Waals surface area contributed by atoms with E-state index in [2.05, 4.69) is 25.4 Å². The summed E-state index contributed by atoms with van der Waals surface area (Å²) >= 11 is 0. The Morgan fingerprint density at radius 1 is 0.977 bits per heavy atom. The standard InChI is InChI=1S/C32H40F3N7O/c33-32(34,35)28-17-26(2-1-25(28)18-36)41-13-7-24(8-14-41)30(43)39-29-4-3-27(19-38-29)42-11-5-23(6-12-42)20-40-15-9-31(10-16-40)21-37-22-31/h1-4,17,19,23-24,37H,5-16,20-22H2,(H,38,39,43). The molecule has 1 aromatic carbocycles. The van der Waals surface area contributed by atoms with Gasteiger partial charge in [0.1, 0.15) is 5.82 Å². The summed E-state index contributed by atoms with van der Waals surface area (Å²) in [6.45, 7) is 9.03. The van der Waals surface area contributed by atoms with Crippen molar-refractivity contribution in [1.82, 2.24) is 15.2 Å². The average molecular weight is 596 g/mol. The van der Waals surface area contributed by atoms with Crippen molar-refractivity contribution < 1.29 is 18.0 Å². The molecule has 5 heterocycles. The van der Waals surface area contributed by atoms with Crippen molar-refractivity contribution in [3.05, 3.63) is 47.7 Å². The Kier molecular flexibility index (Phi) is 8.51. The number of rotatable bonds is 6. The lowest BCUT2D eigenvalue weighted by Crippen LogP contribution is -2.58. The van der Waals surface area contributed by atoms with Gasteiger partial charge in [0.2, 0.25) is 5.91 Å². The van der Waals surface area contributed by atoms with E-state index in [0.717, 1.165) is 30.8 Å². The van der Waals surface area contributed by atoms with Crippen molar-refractivity contribution in [3.63, 3.8) is 0 Å². The topological polar surface area (TPSA) is 87.5 Å². The highest BCUT2D eigenvalue weighted by molar-refractivity contribution is 5.92. The second-order valence-corrected chi connectivity index (χ2v) is 12.8. The largest absolute Gasteiger partial charge is 0.417 e. The number of amides is 1. The number of nitrogens with one attached hydrogen (secondary N) is 2. The lowest BCUT2D eigenvalue weighted by atomic mass is 9.73. The fourth-order valence-electron chi connectivity index (χ4n) is 7.12. The van der Waals surface area contributed by atoms with E-state index in [-0.39, 0.29) is 17.4 Å². The van der Waals surface area contributed by atoms with Crippen molar-refractivity contribution in [1.29, 1.82) is 5.26 Å². The molecule has 11 heteroatoms. The van der Waals surface area contributed by atoms with E-state index in [9.17, 15) is 18.0 Å². The summed E-state index contributed by atoms with van der Waals surface area (Å²) in [5, 5.41) is 15.4. The van der Waals surface area contributed by atoms with Crippen molar-refractivity contribution in [2.24, 2.45) is 17.3 Å². The minimum atomic E-state index is -4.59. The molecule has 1 amide bonds. The van der Waals surface area contributed by atoms with Gasteiger partial charge in [-0.1, -0.05) is 0 Å². The predicted octanol–water partition coefficient (Wildman–Crippen LogP) is 4.73.